The SMILES string of the molecule is C/C=C/C(=C=[N-])C#N. The molecule has 0 fully saturated rings. The molecule has 0 aliphatic rings. The van der Waals surface area contributed by atoms with Crippen molar-refractivity contribution in [2.75, 3.05) is 0 Å². The number of hydrogen-bond acceptors (Lipinski definition) is 1. The molecular weight excluding hydrogens is 100 g/mol. The summed E-state index contributed by atoms with van der Waals surface area (Å²) in [5.41, 5.74) is 0.146. The Bertz CT molecular complexity index is 177. The van der Waals surface area contributed by atoms with Crippen molar-refractivity contribution in [2.24, 2.45) is 0 Å². The number of nitriles is 1. The van der Waals surface area contributed by atoms with E-state index in [9.17, 15) is 0 Å². The van der Waals surface area contributed by atoms with Gasteiger partial charge in [0.1, 0.15) is 6.07 Å². The Hall–Kier alpha value is -1.32. The van der Waals surface area contributed by atoms with Crippen LogP contribution >= 0.6 is 0 Å². The summed E-state index contributed by atoms with van der Waals surface area (Å²) in [4.78, 5) is 0. The minimum absolute atomic E-state index is 0.146. The second kappa shape index (κ2) is 3.86. The van der Waals surface area contributed by atoms with Gasteiger partial charge in [-0.25, -0.2) is 0 Å². The van der Waals surface area contributed by atoms with E-state index in [1.807, 2.05) is 0 Å². The monoisotopic (exact) mass is 105 g/mol. The summed E-state index contributed by atoms with van der Waals surface area (Å²) in [7, 11) is 0. The number of rotatable bonds is 1. The third-order valence-electron chi connectivity index (χ3n) is 0.574. The summed E-state index contributed by atoms with van der Waals surface area (Å²) in [5, 5.41) is 16.2. The molecule has 2 nitrogen and oxygen atoms in total. The van der Waals surface area contributed by atoms with Crippen LogP contribution in [-0.4, -0.2) is 5.87 Å². The number of nitrogens with zero attached hydrogens (tertiary/aromatic N) is 2. The van der Waals surface area contributed by atoms with Crippen LogP contribution in [0.5, 0.6) is 0 Å². The van der Waals surface area contributed by atoms with Crippen LogP contribution in [0.3, 0.4) is 0 Å². The van der Waals surface area contributed by atoms with E-state index in [4.69, 9.17) is 10.7 Å². The smallest absolute Gasteiger partial charge is 0.106 e. The maximum absolute atomic E-state index is 8.10. The predicted molar refractivity (Wildman–Crippen MR) is 32.3 cm³/mol. The Morgan fingerprint density at radius 3 is 2.50 bits per heavy atom. The van der Waals surface area contributed by atoms with Gasteiger partial charge < -0.3 is 5.41 Å². The zero-order chi connectivity index (χ0) is 6.41. The van der Waals surface area contributed by atoms with Crippen LogP contribution in [0.15, 0.2) is 17.7 Å². The molecular formula is C6H5N2-. The van der Waals surface area contributed by atoms with E-state index in [1.54, 1.807) is 24.9 Å². The summed E-state index contributed by atoms with van der Waals surface area (Å²) in [6.45, 7) is 1.76. The Morgan fingerprint density at radius 2 is 2.38 bits per heavy atom. The van der Waals surface area contributed by atoms with Gasteiger partial charge in [0.15, 0.2) is 0 Å². The fraction of sp³-hybridized carbons (Fsp3) is 0.167. The largest absolute Gasteiger partial charge is 0.762 e. The molecule has 0 aromatic heterocycles. The highest BCUT2D eigenvalue weighted by atomic mass is 14.3. The standard InChI is InChI=1S/C6H5N2/c1-2-3-6(4-7)5-8/h2-3H,1H3/q-1/b3-2+. The van der Waals surface area contributed by atoms with Crippen LogP contribution in [0.4, 0.5) is 0 Å². The van der Waals surface area contributed by atoms with Crippen molar-refractivity contribution in [3.05, 3.63) is 23.1 Å². The lowest BCUT2D eigenvalue weighted by Gasteiger charge is -1.78. The van der Waals surface area contributed by atoms with E-state index in [0.717, 1.165) is 0 Å². The molecule has 0 radical (unpaired) electrons. The zero-order valence-corrected chi connectivity index (χ0v) is 4.55. The summed E-state index contributed by atoms with van der Waals surface area (Å²) < 4.78 is 0. The molecule has 0 aliphatic carbocycles. The quantitative estimate of drug-likeness (QED) is 0.281. The maximum atomic E-state index is 8.10. The molecule has 0 rings (SSSR count). The molecule has 0 N–H and O–H groups in total. The van der Waals surface area contributed by atoms with Crippen LogP contribution in [0.1, 0.15) is 6.92 Å². The first-order chi connectivity index (χ1) is 3.85. The van der Waals surface area contributed by atoms with Crippen molar-refractivity contribution >= 4 is 5.87 Å². The first kappa shape index (κ1) is 6.68. The average molecular weight is 105 g/mol. The van der Waals surface area contributed by atoms with Gasteiger partial charge in [0.2, 0.25) is 0 Å². The lowest BCUT2D eigenvalue weighted by molar-refractivity contribution is 1.51. The number of allylic oxidation sites excluding steroid dienone is 3. The van der Waals surface area contributed by atoms with Crippen molar-refractivity contribution in [1.29, 1.82) is 5.26 Å². The third-order valence-corrected chi connectivity index (χ3v) is 0.574. The van der Waals surface area contributed by atoms with Crippen LogP contribution in [-0.2, 0) is 0 Å². The molecule has 0 saturated carbocycles. The van der Waals surface area contributed by atoms with Gasteiger partial charge in [0.25, 0.3) is 0 Å². The van der Waals surface area contributed by atoms with E-state index in [1.165, 1.54) is 6.08 Å². The van der Waals surface area contributed by atoms with Gasteiger partial charge in [0, 0.05) is 0 Å². The van der Waals surface area contributed by atoms with Crippen molar-refractivity contribution in [3.63, 3.8) is 0 Å². The minimum Gasteiger partial charge on any atom is -0.762 e. The van der Waals surface area contributed by atoms with Gasteiger partial charge in [-0.3, -0.25) is 5.87 Å². The third kappa shape index (κ3) is 1.96. The average Bonchev–Trinajstić information content (AvgIpc) is 1.83. The van der Waals surface area contributed by atoms with E-state index < -0.39 is 0 Å². The molecule has 8 heavy (non-hydrogen) atoms. The van der Waals surface area contributed by atoms with E-state index in [2.05, 4.69) is 0 Å². The van der Waals surface area contributed by atoms with Crippen molar-refractivity contribution in [2.45, 2.75) is 6.92 Å². The highest BCUT2D eigenvalue weighted by Crippen LogP contribution is 1.85. The second-order valence-electron chi connectivity index (χ2n) is 1.14. The predicted octanol–water partition coefficient (Wildman–Crippen LogP) is 1.25. The lowest BCUT2D eigenvalue weighted by Crippen LogP contribution is -1.67. The molecule has 0 unspecified atom stereocenters. The second-order valence-corrected chi connectivity index (χ2v) is 1.14. The highest BCUT2D eigenvalue weighted by molar-refractivity contribution is 5.69. The van der Waals surface area contributed by atoms with Gasteiger partial charge in [-0.05, 0) is 13.0 Å². The summed E-state index contributed by atoms with van der Waals surface area (Å²) in [6, 6.07) is 1.72. The Kier molecular flexibility index (Phi) is 3.22. The van der Waals surface area contributed by atoms with Crippen molar-refractivity contribution in [1.82, 2.24) is 0 Å². The van der Waals surface area contributed by atoms with Gasteiger partial charge in [-0.15, -0.1) is 0 Å². The van der Waals surface area contributed by atoms with Crippen LogP contribution in [0, 0.1) is 11.3 Å². The first-order valence-electron chi connectivity index (χ1n) is 2.15. The van der Waals surface area contributed by atoms with Crippen LogP contribution < -0.4 is 0 Å². The Morgan fingerprint density at radius 1 is 1.75 bits per heavy atom. The van der Waals surface area contributed by atoms with E-state index >= 15 is 0 Å². The molecule has 2 heteroatoms. The van der Waals surface area contributed by atoms with Crippen LogP contribution in [0.2, 0.25) is 0 Å². The molecule has 0 heterocycles. The molecule has 0 spiro atoms. The molecule has 0 amide bonds. The Balaban J connectivity index is 4.21. The normalized spacial score (nSPS) is 8.00. The van der Waals surface area contributed by atoms with Gasteiger partial charge >= 0.3 is 0 Å². The molecule has 0 aromatic rings. The fourth-order valence-corrected chi connectivity index (χ4v) is 0.266. The van der Waals surface area contributed by atoms with E-state index in [-0.39, 0.29) is 5.57 Å². The highest BCUT2D eigenvalue weighted by Gasteiger charge is 1.75. The summed E-state index contributed by atoms with van der Waals surface area (Å²) in [5.74, 6) is 1.72. The number of hydrogen-bond donors (Lipinski definition) is 0. The molecule has 0 aromatic carbocycles. The van der Waals surface area contributed by atoms with Crippen molar-refractivity contribution < 1.29 is 0 Å². The fourth-order valence-electron chi connectivity index (χ4n) is 0.266. The molecule has 0 atom stereocenters. The topological polar surface area (TPSA) is 46.1 Å². The lowest BCUT2D eigenvalue weighted by atomic mass is 10.3. The molecule has 0 aliphatic heterocycles. The van der Waals surface area contributed by atoms with Crippen LogP contribution in [0.25, 0.3) is 5.41 Å². The maximum Gasteiger partial charge on any atom is 0.106 e. The van der Waals surface area contributed by atoms with Gasteiger partial charge in [0.05, 0.1) is 5.57 Å². The molecule has 40 valence electrons. The zero-order valence-electron chi connectivity index (χ0n) is 4.55. The molecule has 0 bridgehead atoms. The minimum atomic E-state index is 0.146. The summed E-state index contributed by atoms with van der Waals surface area (Å²) >= 11 is 0. The first-order valence-corrected chi connectivity index (χ1v) is 2.15. The van der Waals surface area contributed by atoms with Crippen molar-refractivity contribution in [3.8, 4) is 6.07 Å². The Labute approximate surface area is 48.3 Å². The van der Waals surface area contributed by atoms with E-state index in [0.29, 0.717) is 0 Å². The molecule has 0 saturated heterocycles. The summed E-state index contributed by atoms with van der Waals surface area (Å²) in [6.07, 6.45) is 3.13. The van der Waals surface area contributed by atoms with Gasteiger partial charge in [-0.2, -0.15) is 5.26 Å². The van der Waals surface area contributed by atoms with Gasteiger partial charge in [-0.1, -0.05) is 6.08 Å².